The topological polar surface area (TPSA) is 46.5 Å². The lowest BCUT2D eigenvalue weighted by molar-refractivity contribution is -0.226. The summed E-state index contributed by atoms with van der Waals surface area (Å²) >= 11 is 0. The predicted molar refractivity (Wildman–Crippen MR) is 121 cm³/mol. The number of aliphatic hydroxyl groups is 1. The zero-order chi connectivity index (χ0) is 22.2. The van der Waals surface area contributed by atoms with Gasteiger partial charge in [-0.2, -0.15) is 0 Å². The van der Waals surface area contributed by atoms with Crippen molar-refractivity contribution >= 4 is 5.97 Å². The lowest BCUT2D eigenvalue weighted by atomic mass is 9.31. The van der Waals surface area contributed by atoms with Gasteiger partial charge in [-0.1, -0.05) is 52.3 Å². The molecule has 168 valence electrons. The van der Waals surface area contributed by atoms with E-state index < -0.39 is 5.41 Å². The van der Waals surface area contributed by atoms with Crippen LogP contribution in [0.3, 0.4) is 0 Å². The highest BCUT2D eigenvalue weighted by Gasteiger charge is 2.73. The van der Waals surface area contributed by atoms with E-state index >= 15 is 0 Å². The third kappa shape index (κ3) is 2.39. The zero-order valence-corrected chi connectivity index (χ0v) is 19.9. The summed E-state index contributed by atoms with van der Waals surface area (Å²) in [5.74, 6) is 0.771. The molecule has 0 spiro atoms. The molecule has 0 aromatic carbocycles. The summed E-state index contributed by atoms with van der Waals surface area (Å²) in [6.07, 6.45) is 9.68. The molecule has 4 saturated carbocycles. The maximum atomic E-state index is 13.7. The van der Waals surface area contributed by atoms with E-state index in [1.807, 2.05) is 13.0 Å². The molecule has 30 heavy (non-hydrogen) atoms. The number of esters is 1. The van der Waals surface area contributed by atoms with Crippen LogP contribution in [0.1, 0.15) is 86.0 Å². The lowest BCUT2D eigenvalue weighted by Crippen LogP contribution is -2.68. The number of hydrogen-bond acceptors (Lipinski definition) is 3. The summed E-state index contributed by atoms with van der Waals surface area (Å²) in [6.45, 7) is 20.5. The fourth-order valence-electron chi connectivity index (χ4n) is 9.11. The van der Waals surface area contributed by atoms with Gasteiger partial charge in [0.1, 0.15) is 0 Å². The quantitative estimate of drug-likeness (QED) is 0.450. The molecule has 0 unspecified atom stereocenters. The van der Waals surface area contributed by atoms with Gasteiger partial charge >= 0.3 is 5.97 Å². The van der Waals surface area contributed by atoms with Gasteiger partial charge < -0.3 is 9.84 Å². The van der Waals surface area contributed by atoms with Crippen molar-refractivity contribution in [3.05, 3.63) is 24.8 Å². The first-order valence-electron chi connectivity index (χ1n) is 12.1. The Morgan fingerprint density at radius 3 is 2.47 bits per heavy atom. The smallest absolute Gasteiger partial charge is 0.316 e. The molecule has 0 radical (unpaired) electrons. The largest absolute Gasteiger partial charge is 0.465 e. The fraction of sp³-hybridized carbons (Fsp3) is 0.815. The predicted octanol–water partition coefficient (Wildman–Crippen LogP) is 6.07. The van der Waals surface area contributed by atoms with Crippen LogP contribution in [-0.2, 0) is 9.53 Å². The summed E-state index contributed by atoms with van der Waals surface area (Å²) in [6, 6.07) is 0. The Labute approximate surface area is 183 Å². The van der Waals surface area contributed by atoms with Gasteiger partial charge in [0, 0.05) is 5.41 Å². The molecule has 4 aliphatic rings. The van der Waals surface area contributed by atoms with Crippen molar-refractivity contribution in [1.82, 2.24) is 0 Å². The number of carbonyl (C=O) groups is 1. The van der Waals surface area contributed by atoms with Crippen LogP contribution in [0.2, 0.25) is 0 Å². The van der Waals surface area contributed by atoms with Crippen LogP contribution in [0, 0.1) is 38.9 Å². The van der Waals surface area contributed by atoms with Crippen molar-refractivity contribution in [2.75, 3.05) is 6.61 Å². The summed E-state index contributed by atoms with van der Waals surface area (Å²) in [5, 5.41) is 10.9. The second-order valence-corrected chi connectivity index (χ2v) is 11.9. The molecule has 0 saturated heterocycles. The standard InChI is InChI=1S/C27H42O3/c1-8-24(5)19-11-16-26(7)20(25(19,6)15-12-21(24)28)17-23(4)13-10-14-27(26,18(23)3)22(29)30-9-2/h8,19-21,28H,1,3,9-17H2,2,4-7H3/t19-,20+,21-,23-,24-,25-,26+,27-/m1/s1. The molecule has 1 N–H and O–H groups in total. The molecule has 0 aromatic rings. The number of fused-ring (bicyclic) bond motifs is 6. The molecule has 0 aliphatic heterocycles. The van der Waals surface area contributed by atoms with Crippen molar-refractivity contribution in [3.63, 3.8) is 0 Å². The van der Waals surface area contributed by atoms with Crippen LogP contribution in [0.25, 0.3) is 0 Å². The highest BCUT2D eigenvalue weighted by atomic mass is 16.5. The third-order valence-corrected chi connectivity index (χ3v) is 11.0. The maximum Gasteiger partial charge on any atom is 0.316 e. The maximum absolute atomic E-state index is 13.7. The van der Waals surface area contributed by atoms with Crippen LogP contribution in [0.4, 0.5) is 0 Å². The number of ether oxygens (including phenoxy) is 1. The third-order valence-electron chi connectivity index (χ3n) is 11.0. The van der Waals surface area contributed by atoms with Gasteiger partial charge in [-0.3, -0.25) is 4.79 Å². The molecule has 4 rings (SSSR count). The van der Waals surface area contributed by atoms with Crippen LogP contribution >= 0.6 is 0 Å². The van der Waals surface area contributed by atoms with E-state index in [1.54, 1.807) is 0 Å². The summed E-state index contributed by atoms with van der Waals surface area (Å²) in [7, 11) is 0. The molecule has 4 fully saturated rings. The number of carbonyl (C=O) groups excluding carboxylic acids is 1. The highest BCUT2D eigenvalue weighted by molar-refractivity contribution is 5.83. The van der Waals surface area contributed by atoms with E-state index in [2.05, 4.69) is 40.9 Å². The minimum Gasteiger partial charge on any atom is -0.465 e. The number of hydrogen-bond donors (Lipinski definition) is 1. The van der Waals surface area contributed by atoms with Crippen LogP contribution in [0.5, 0.6) is 0 Å². The Morgan fingerprint density at radius 1 is 1.13 bits per heavy atom. The zero-order valence-electron chi connectivity index (χ0n) is 19.9. The SMILES string of the molecule is C=C[C@@]1(C)[C@H](O)CC[C@]2(C)[C@@H]1CC[C@@]1(C)[C@H]2C[C@@]2(C)CCC[C@]1(C(=O)OCC)C2=C. The molecule has 4 aliphatic carbocycles. The number of rotatable bonds is 3. The van der Waals surface area contributed by atoms with E-state index in [9.17, 15) is 9.90 Å². The monoisotopic (exact) mass is 414 g/mol. The molecule has 3 heteroatoms. The molecule has 3 nitrogen and oxygen atoms in total. The second kappa shape index (κ2) is 6.70. The first-order chi connectivity index (χ1) is 14.0. The van der Waals surface area contributed by atoms with Gasteiger partial charge in [0.15, 0.2) is 0 Å². The minimum atomic E-state index is -0.576. The normalized spacial score (nSPS) is 52.7. The second-order valence-electron chi connectivity index (χ2n) is 11.9. The van der Waals surface area contributed by atoms with E-state index in [1.165, 1.54) is 0 Å². The van der Waals surface area contributed by atoms with Gasteiger partial charge in [-0.25, -0.2) is 0 Å². The average Bonchev–Trinajstić information content (AvgIpc) is 2.69. The Bertz CT molecular complexity index is 772. The molecule has 0 heterocycles. The van der Waals surface area contributed by atoms with Crippen molar-refractivity contribution in [2.24, 2.45) is 38.9 Å². The van der Waals surface area contributed by atoms with Gasteiger partial charge in [0.2, 0.25) is 0 Å². The Morgan fingerprint density at radius 2 is 1.83 bits per heavy atom. The minimum absolute atomic E-state index is 0.0132. The van der Waals surface area contributed by atoms with E-state index in [0.717, 1.165) is 56.9 Å². The Hall–Kier alpha value is -1.09. The first-order valence-corrected chi connectivity index (χ1v) is 12.1. The van der Waals surface area contributed by atoms with Crippen LogP contribution in [-0.4, -0.2) is 23.8 Å². The van der Waals surface area contributed by atoms with Gasteiger partial charge in [0.25, 0.3) is 0 Å². The average molecular weight is 415 g/mol. The van der Waals surface area contributed by atoms with Crippen LogP contribution < -0.4 is 0 Å². The van der Waals surface area contributed by atoms with Gasteiger partial charge in [-0.05, 0) is 80.0 Å². The van der Waals surface area contributed by atoms with E-state index in [0.29, 0.717) is 18.4 Å². The molecule has 2 bridgehead atoms. The molecular weight excluding hydrogens is 372 g/mol. The summed E-state index contributed by atoms with van der Waals surface area (Å²) < 4.78 is 5.78. The number of aliphatic hydroxyl groups excluding tert-OH is 1. The summed E-state index contributed by atoms with van der Waals surface area (Å²) in [5.41, 5.74) is 0.213. The highest BCUT2D eigenvalue weighted by Crippen LogP contribution is 2.77. The van der Waals surface area contributed by atoms with Gasteiger partial charge in [0.05, 0.1) is 18.1 Å². The lowest BCUT2D eigenvalue weighted by Gasteiger charge is -2.72. The molecular formula is C27H42O3. The van der Waals surface area contributed by atoms with Crippen LogP contribution in [0.15, 0.2) is 24.8 Å². The van der Waals surface area contributed by atoms with E-state index in [-0.39, 0.29) is 33.7 Å². The first kappa shape index (κ1) is 22.1. The summed E-state index contributed by atoms with van der Waals surface area (Å²) in [4.78, 5) is 13.7. The van der Waals surface area contributed by atoms with Gasteiger partial charge in [-0.15, -0.1) is 6.58 Å². The van der Waals surface area contributed by atoms with E-state index in [4.69, 9.17) is 4.74 Å². The van der Waals surface area contributed by atoms with Crippen molar-refractivity contribution in [3.8, 4) is 0 Å². The Kier molecular flexibility index (Phi) is 4.94. The Balaban J connectivity index is 1.89. The molecule has 0 aromatic heterocycles. The van der Waals surface area contributed by atoms with Crippen molar-refractivity contribution < 1.29 is 14.6 Å². The molecule has 0 amide bonds. The molecule has 8 atom stereocenters. The fourth-order valence-corrected chi connectivity index (χ4v) is 9.11. The van der Waals surface area contributed by atoms with Crippen molar-refractivity contribution in [2.45, 2.75) is 92.1 Å². The van der Waals surface area contributed by atoms with Crippen molar-refractivity contribution in [1.29, 1.82) is 0 Å².